The molecule has 0 unspecified atom stereocenters. The topological polar surface area (TPSA) is 80.8 Å². The molecule has 0 spiro atoms. The van der Waals surface area contributed by atoms with Crippen LogP contribution in [0.4, 0.5) is 11.6 Å². The van der Waals surface area contributed by atoms with Crippen molar-refractivity contribution in [3.05, 3.63) is 47.6 Å². The first-order chi connectivity index (χ1) is 13.2. The second kappa shape index (κ2) is 7.74. The van der Waals surface area contributed by atoms with Gasteiger partial charge in [0, 0.05) is 17.5 Å². The van der Waals surface area contributed by atoms with Crippen LogP contribution in [-0.4, -0.2) is 32.0 Å². The standard InChI is InChI=1S/C20H23ClN6/c1-2-16-18(21)20(26-11-23-16)27(14-9-7-13(22)8-10-14)19-15-5-3-4-6-17(15)24-12-25-19/h3-6,11-14H,2,7-10,22H2,1H3. The fourth-order valence-corrected chi connectivity index (χ4v) is 4.12. The summed E-state index contributed by atoms with van der Waals surface area (Å²) < 4.78 is 0. The first-order valence-corrected chi connectivity index (χ1v) is 9.80. The number of nitrogens with two attached hydrogens (primary N) is 1. The molecule has 7 heteroatoms. The Bertz CT molecular complexity index is 933. The van der Waals surface area contributed by atoms with E-state index in [4.69, 9.17) is 17.3 Å². The summed E-state index contributed by atoms with van der Waals surface area (Å²) in [5.41, 5.74) is 7.89. The zero-order valence-electron chi connectivity index (χ0n) is 15.3. The van der Waals surface area contributed by atoms with Crippen LogP contribution < -0.4 is 10.6 Å². The third-order valence-corrected chi connectivity index (χ3v) is 5.65. The number of benzene rings is 1. The van der Waals surface area contributed by atoms with E-state index >= 15 is 0 Å². The maximum absolute atomic E-state index is 6.72. The number of rotatable bonds is 4. The Morgan fingerprint density at radius 3 is 2.48 bits per heavy atom. The van der Waals surface area contributed by atoms with E-state index in [-0.39, 0.29) is 12.1 Å². The lowest BCUT2D eigenvalue weighted by Gasteiger charge is -2.37. The minimum absolute atomic E-state index is 0.236. The number of aryl methyl sites for hydroxylation is 1. The number of para-hydroxylation sites is 1. The highest BCUT2D eigenvalue weighted by atomic mass is 35.5. The Morgan fingerprint density at radius 2 is 1.70 bits per heavy atom. The van der Waals surface area contributed by atoms with Crippen molar-refractivity contribution in [1.29, 1.82) is 0 Å². The molecule has 1 saturated carbocycles. The van der Waals surface area contributed by atoms with Crippen LogP contribution >= 0.6 is 11.6 Å². The molecule has 27 heavy (non-hydrogen) atoms. The molecule has 140 valence electrons. The van der Waals surface area contributed by atoms with Gasteiger partial charge >= 0.3 is 0 Å². The minimum Gasteiger partial charge on any atom is -0.328 e. The van der Waals surface area contributed by atoms with Crippen molar-refractivity contribution in [2.75, 3.05) is 4.90 Å². The number of hydrogen-bond acceptors (Lipinski definition) is 6. The van der Waals surface area contributed by atoms with Crippen molar-refractivity contribution in [1.82, 2.24) is 19.9 Å². The number of anilines is 2. The normalized spacial score (nSPS) is 20.0. The highest BCUT2D eigenvalue weighted by Gasteiger charge is 2.30. The van der Waals surface area contributed by atoms with E-state index in [1.807, 2.05) is 31.2 Å². The van der Waals surface area contributed by atoms with E-state index in [0.717, 1.165) is 54.5 Å². The molecule has 1 aliphatic carbocycles. The molecular formula is C20H23ClN6. The summed E-state index contributed by atoms with van der Waals surface area (Å²) in [4.78, 5) is 20.1. The molecular weight excluding hydrogens is 360 g/mol. The number of nitrogens with zero attached hydrogens (tertiary/aromatic N) is 5. The average molecular weight is 383 g/mol. The van der Waals surface area contributed by atoms with Crippen LogP contribution in [0.2, 0.25) is 5.02 Å². The largest absolute Gasteiger partial charge is 0.328 e. The van der Waals surface area contributed by atoms with Crippen LogP contribution in [0, 0.1) is 0 Å². The van der Waals surface area contributed by atoms with Crippen molar-refractivity contribution >= 4 is 34.1 Å². The number of halogens is 1. The summed E-state index contributed by atoms with van der Waals surface area (Å²) in [6, 6.07) is 8.52. The zero-order chi connectivity index (χ0) is 18.8. The van der Waals surface area contributed by atoms with Gasteiger partial charge in [0.05, 0.1) is 11.2 Å². The van der Waals surface area contributed by atoms with Crippen LogP contribution in [0.15, 0.2) is 36.9 Å². The molecule has 2 heterocycles. The van der Waals surface area contributed by atoms with Crippen molar-refractivity contribution in [2.45, 2.75) is 51.1 Å². The maximum atomic E-state index is 6.72. The van der Waals surface area contributed by atoms with Crippen molar-refractivity contribution in [2.24, 2.45) is 5.73 Å². The third-order valence-electron chi connectivity index (χ3n) is 5.26. The van der Waals surface area contributed by atoms with Gasteiger partial charge in [-0.3, -0.25) is 0 Å². The van der Waals surface area contributed by atoms with Crippen LogP contribution in [0.1, 0.15) is 38.3 Å². The van der Waals surface area contributed by atoms with Gasteiger partial charge in [-0.2, -0.15) is 0 Å². The maximum Gasteiger partial charge on any atom is 0.156 e. The molecule has 2 N–H and O–H groups in total. The van der Waals surface area contributed by atoms with Crippen LogP contribution in [-0.2, 0) is 6.42 Å². The molecule has 1 fully saturated rings. The Morgan fingerprint density at radius 1 is 1.00 bits per heavy atom. The highest BCUT2D eigenvalue weighted by molar-refractivity contribution is 6.33. The van der Waals surface area contributed by atoms with Crippen LogP contribution in [0.25, 0.3) is 10.9 Å². The lowest BCUT2D eigenvalue weighted by Crippen LogP contribution is -2.39. The molecule has 2 aromatic heterocycles. The van der Waals surface area contributed by atoms with Gasteiger partial charge in [0.1, 0.15) is 23.5 Å². The summed E-state index contributed by atoms with van der Waals surface area (Å²) >= 11 is 6.72. The number of fused-ring (bicyclic) bond motifs is 1. The molecule has 0 atom stereocenters. The van der Waals surface area contributed by atoms with E-state index in [0.29, 0.717) is 10.8 Å². The Kier molecular flexibility index (Phi) is 5.18. The molecule has 0 aliphatic heterocycles. The fraction of sp³-hybridized carbons (Fsp3) is 0.400. The fourth-order valence-electron chi connectivity index (χ4n) is 3.80. The quantitative estimate of drug-likeness (QED) is 0.733. The number of hydrogen-bond donors (Lipinski definition) is 1. The summed E-state index contributed by atoms with van der Waals surface area (Å²) in [5, 5.41) is 1.58. The van der Waals surface area contributed by atoms with Gasteiger partial charge in [0.2, 0.25) is 0 Å². The van der Waals surface area contributed by atoms with E-state index in [2.05, 4.69) is 24.8 Å². The van der Waals surface area contributed by atoms with Gasteiger partial charge in [0.25, 0.3) is 0 Å². The first kappa shape index (κ1) is 18.1. The van der Waals surface area contributed by atoms with Gasteiger partial charge in [0.15, 0.2) is 5.82 Å². The molecule has 0 radical (unpaired) electrons. The third kappa shape index (κ3) is 3.47. The lowest BCUT2D eigenvalue weighted by molar-refractivity contribution is 0.389. The van der Waals surface area contributed by atoms with E-state index < -0.39 is 0 Å². The molecule has 6 nitrogen and oxygen atoms in total. The Labute approximate surface area is 163 Å². The second-order valence-corrected chi connectivity index (χ2v) is 7.34. The van der Waals surface area contributed by atoms with Gasteiger partial charge in [-0.15, -0.1) is 0 Å². The van der Waals surface area contributed by atoms with Crippen molar-refractivity contribution in [3.63, 3.8) is 0 Å². The molecule has 4 rings (SSSR count). The first-order valence-electron chi connectivity index (χ1n) is 9.43. The van der Waals surface area contributed by atoms with E-state index in [9.17, 15) is 0 Å². The van der Waals surface area contributed by atoms with Crippen LogP contribution in [0.5, 0.6) is 0 Å². The zero-order valence-corrected chi connectivity index (χ0v) is 16.1. The molecule has 0 saturated heterocycles. The molecule has 1 aliphatic rings. The summed E-state index contributed by atoms with van der Waals surface area (Å²) in [5.74, 6) is 1.55. The van der Waals surface area contributed by atoms with Gasteiger partial charge in [-0.1, -0.05) is 30.7 Å². The Hall–Kier alpha value is -2.31. The van der Waals surface area contributed by atoms with E-state index in [1.54, 1.807) is 12.7 Å². The molecule has 0 amide bonds. The van der Waals surface area contributed by atoms with Crippen molar-refractivity contribution in [3.8, 4) is 0 Å². The molecule has 0 bridgehead atoms. The summed E-state index contributed by atoms with van der Waals surface area (Å²) in [6.07, 6.45) is 7.85. The van der Waals surface area contributed by atoms with Gasteiger partial charge in [-0.05, 0) is 44.2 Å². The summed E-state index contributed by atoms with van der Waals surface area (Å²) in [6.45, 7) is 2.04. The van der Waals surface area contributed by atoms with E-state index in [1.165, 1.54) is 0 Å². The molecule has 1 aromatic carbocycles. The smallest absolute Gasteiger partial charge is 0.156 e. The predicted molar refractivity (Wildman–Crippen MR) is 108 cm³/mol. The van der Waals surface area contributed by atoms with Crippen LogP contribution in [0.3, 0.4) is 0 Å². The minimum atomic E-state index is 0.236. The lowest BCUT2D eigenvalue weighted by atomic mass is 9.90. The summed E-state index contributed by atoms with van der Waals surface area (Å²) in [7, 11) is 0. The Balaban J connectivity index is 1.89. The van der Waals surface area contributed by atoms with Crippen molar-refractivity contribution < 1.29 is 0 Å². The second-order valence-electron chi connectivity index (χ2n) is 6.96. The highest BCUT2D eigenvalue weighted by Crippen LogP contribution is 2.38. The monoisotopic (exact) mass is 382 g/mol. The SMILES string of the molecule is CCc1ncnc(N(c2ncnc3ccccc23)C2CCC(N)CC2)c1Cl. The van der Waals surface area contributed by atoms with Gasteiger partial charge in [-0.25, -0.2) is 19.9 Å². The predicted octanol–water partition coefficient (Wildman–Crippen LogP) is 4.04. The average Bonchev–Trinajstić information content (AvgIpc) is 2.71. The van der Waals surface area contributed by atoms with Gasteiger partial charge < -0.3 is 10.6 Å². The molecule has 3 aromatic rings. The number of aromatic nitrogens is 4.